The van der Waals surface area contributed by atoms with Gasteiger partial charge < -0.3 is 10.5 Å². The SMILES string of the molecule is NC(=S)c1nccnc1OCC1CC1. The fourth-order valence-electron chi connectivity index (χ4n) is 1.08. The zero-order chi connectivity index (χ0) is 9.97. The Morgan fingerprint density at radius 2 is 2.21 bits per heavy atom. The van der Waals surface area contributed by atoms with E-state index >= 15 is 0 Å². The van der Waals surface area contributed by atoms with E-state index in [4.69, 9.17) is 22.7 Å². The number of hydrogen-bond donors (Lipinski definition) is 1. The summed E-state index contributed by atoms with van der Waals surface area (Å²) in [5.41, 5.74) is 5.96. The van der Waals surface area contributed by atoms with Gasteiger partial charge in [-0.3, -0.25) is 0 Å². The lowest BCUT2D eigenvalue weighted by Gasteiger charge is -2.06. The van der Waals surface area contributed by atoms with Crippen molar-refractivity contribution < 1.29 is 4.74 Å². The second-order valence-corrected chi connectivity index (χ2v) is 3.77. The molecule has 1 saturated carbocycles. The van der Waals surface area contributed by atoms with Gasteiger partial charge in [0.2, 0.25) is 5.88 Å². The van der Waals surface area contributed by atoms with Gasteiger partial charge in [-0.15, -0.1) is 0 Å². The van der Waals surface area contributed by atoms with Crippen LogP contribution in [-0.2, 0) is 0 Å². The highest BCUT2D eigenvalue weighted by molar-refractivity contribution is 7.80. The zero-order valence-corrected chi connectivity index (χ0v) is 8.46. The molecule has 0 saturated heterocycles. The maximum absolute atomic E-state index is 5.49. The summed E-state index contributed by atoms with van der Waals surface area (Å²) in [4.78, 5) is 8.30. The zero-order valence-electron chi connectivity index (χ0n) is 7.64. The fourth-order valence-corrected chi connectivity index (χ4v) is 1.22. The van der Waals surface area contributed by atoms with E-state index < -0.39 is 0 Å². The van der Waals surface area contributed by atoms with Crippen LogP contribution in [0.5, 0.6) is 5.88 Å². The topological polar surface area (TPSA) is 61.0 Å². The summed E-state index contributed by atoms with van der Waals surface area (Å²) >= 11 is 4.84. The first-order valence-electron chi connectivity index (χ1n) is 4.51. The van der Waals surface area contributed by atoms with E-state index in [0.717, 1.165) is 0 Å². The van der Waals surface area contributed by atoms with E-state index in [9.17, 15) is 0 Å². The van der Waals surface area contributed by atoms with Crippen LogP contribution in [0.1, 0.15) is 18.5 Å². The Morgan fingerprint density at radius 1 is 1.50 bits per heavy atom. The number of nitrogens with two attached hydrogens (primary N) is 1. The summed E-state index contributed by atoms with van der Waals surface area (Å²) < 4.78 is 5.48. The van der Waals surface area contributed by atoms with Gasteiger partial charge in [0.05, 0.1) is 6.61 Å². The van der Waals surface area contributed by atoms with Crippen LogP contribution < -0.4 is 10.5 Å². The van der Waals surface area contributed by atoms with Crippen LogP contribution in [0.4, 0.5) is 0 Å². The third-order valence-corrected chi connectivity index (χ3v) is 2.24. The van der Waals surface area contributed by atoms with Gasteiger partial charge in [-0.2, -0.15) is 0 Å². The van der Waals surface area contributed by atoms with E-state index in [1.54, 1.807) is 12.4 Å². The third kappa shape index (κ3) is 2.17. The van der Waals surface area contributed by atoms with Crippen LogP contribution in [0.25, 0.3) is 0 Å². The van der Waals surface area contributed by atoms with Crippen molar-refractivity contribution in [3.05, 3.63) is 18.1 Å². The first-order chi connectivity index (χ1) is 6.77. The van der Waals surface area contributed by atoms with Gasteiger partial charge in [-0.05, 0) is 18.8 Å². The van der Waals surface area contributed by atoms with E-state index in [0.29, 0.717) is 24.1 Å². The lowest BCUT2D eigenvalue weighted by molar-refractivity contribution is 0.286. The van der Waals surface area contributed by atoms with Gasteiger partial charge in [-0.1, -0.05) is 12.2 Å². The van der Waals surface area contributed by atoms with Crippen molar-refractivity contribution >= 4 is 17.2 Å². The summed E-state index contributed by atoms with van der Waals surface area (Å²) in [6.45, 7) is 0.689. The standard InChI is InChI=1S/C9H11N3OS/c10-8(14)7-9(12-4-3-11-7)13-5-6-1-2-6/h3-4,6H,1-2,5H2,(H2,10,14). The molecule has 1 aliphatic carbocycles. The Balaban J connectivity index is 2.09. The molecule has 1 aromatic heterocycles. The maximum atomic E-state index is 5.49. The quantitative estimate of drug-likeness (QED) is 0.746. The minimum atomic E-state index is 0.226. The van der Waals surface area contributed by atoms with Crippen molar-refractivity contribution in [1.82, 2.24) is 9.97 Å². The molecule has 0 bridgehead atoms. The van der Waals surface area contributed by atoms with Crippen molar-refractivity contribution in [3.63, 3.8) is 0 Å². The molecular weight excluding hydrogens is 198 g/mol. The van der Waals surface area contributed by atoms with Crippen LogP contribution in [0, 0.1) is 5.92 Å². The van der Waals surface area contributed by atoms with Crippen LogP contribution in [0.15, 0.2) is 12.4 Å². The third-order valence-electron chi connectivity index (χ3n) is 2.05. The van der Waals surface area contributed by atoms with Gasteiger partial charge in [0.25, 0.3) is 0 Å². The van der Waals surface area contributed by atoms with E-state index in [1.807, 2.05) is 0 Å². The van der Waals surface area contributed by atoms with Crippen LogP contribution in [0.3, 0.4) is 0 Å². The molecule has 5 heteroatoms. The molecular formula is C9H11N3OS. The van der Waals surface area contributed by atoms with E-state index in [-0.39, 0.29) is 4.99 Å². The number of thiocarbonyl (C=S) groups is 1. The molecule has 14 heavy (non-hydrogen) atoms. The summed E-state index contributed by atoms with van der Waals surface area (Å²) in [7, 11) is 0. The maximum Gasteiger partial charge on any atom is 0.243 e. The lowest BCUT2D eigenvalue weighted by atomic mass is 10.4. The average molecular weight is 209 g/mol. The molecule has 0 unspecified atom stereocenters. The Bertz CT molecular complexity index is 352. The molecule has 1 heterocycles. The smallest absolute Gasteiger partial charge is 0.243 e. The molecule has 0 aromatic carbocycles. The Morgan fingerprint density at radius 3 is 2.86 bits per heavy atom. The summed E-state index contributed by atoms with van der Waals surface area (Å²) in [6.07, 6.45) is 5.60. The van der Waals surface area contributed by atoms with Gasteiger partial charge >= 0.3 is 0 Å². The molecule has 2 rings (SSSR count). The first-order valence-corrected chi connectivity index (χ1v) is 4.92. The molecule has 1 aromatic rings. The van der Waals surface area contributed by atoms with Gasteiger partial charge in [0.15, 0.2) is 5.69 Å². The molecule has 0 spiro atoms. The molecule has 0 atom stereocenters. The predicted molar refractivity (Wildman–Crippen MR) is 56.1 cm³/mol. The normalized spacial score (nSPS) is 15.1. The monoisotopic (exact) mass is 209 g/mol. The molecule has 0 aliphatic heterocycles. The minimum absolute atomic E-state index is 0.226. The number of hydrogen-bond acceptors (Lipinski definition) is 4. The highest BCUT2D eigenvalue weighted by atomic mass is 32.1. The van der Waals surface area contributed by atoms with Crippen LogP contribution in [-0.4, -0.2) is 21.6 Å². The number of nitrogens with zero attached hydrogens (tertiary/aromatic N) is 2. The molecule has 0 radical (unpaired) electrons. The molecule has 1 aliphatic rings. The van der Waals surface area contributed by atoms with Crippen molar-refractivity contribution in [2.75, 3.05) is 6.61 Å². The molecule has 2 N–H and O–H groups in total. The van der Waals surface area contributed by atoms with Crippen molar-refractivity contribution in [1.29, 1.82) is 0 Å². The molecule has 4 nitrogen and oxygen atoms in total. The average Bonchev–Trinajstić information content (AvgIpc) is 2.98. The lowest BCUT2D eigenvalue weighted by Crippen LogP contribution is -2.15. The van der Waals surface area contributed by atoms with Gasteiger partial charge in [0, 0.05) is 12.4 Å². The van der Waals surface area contributed by atoms with Crippen molar-refractivity contribution in [2.45, 2.75) is 12.8 Å². The second-order valence-electron chi connectivity index (χ2n) is 3.33. The highest BCUT2D eigenvalue weighted by Gasteiger charge is 2.23. The fraction of sp³-hybridized carbons (Fsp3) is 0.444. The molecule has 1 fully saturated rings. The largest absolute Gasteiger partial charge is 0.476 e. The molecule has 74 valence electrons. The summed E-state index contributed by atoms with van der Waals surface area (Å²) in [5.74, 6) is 1.13. The predicted octanol–water partition coefficient (Wildman–Crippen LogP) is 0.900. The number of aromatic nitrogens is 2. The van der Waals surface area contributed by atoms with E-state index in [1.165, 1.54) is 12.8 Å². The second kappa shape index (κ2) is 3.88. The van der Waals surface area contributed by atoms with Gasteiger partial charge in [-0.25, -0.2) is 9.97 Å². The minimum Gasteiger partial charge on any atom is -0.476 e. The van der Waals surface area contributed by atoms with Crippen LogP contribution in [0.2, 0.25) is 0 Å². The number of rotatable bonds is 4. The Kier molecular flexibility index (Phi) is 2.58. The van der Waals surface area contributed by atoms with Crippen molar-refractivity contribution in [3.8, 4) is 5.88 Å². The molecule has 0 amide bonds. The highest BCUT2D eigenvalue weighted by Crippen LogP contribution is 2.29. The van der Waals surface area contributed by atoms with Gasteiger partial charge in [0.1, 0.15) is 4.99 Å². The van der Waals surface area contributed by atoms with E-state index in [2.05, 4.69) is 9.97 Å². The van der Waals surface area contributed by atoms with Crippen LogP contribution >= 0.6 is 12.2 Å². The first kappa shape index (κ1) is 9.33. The Labute approximate surface area is 87.5 Å². The summed E-state index contributed by atoms with van der Waals surface area (Å²) in [6, 6.07) is 0. The van der Waals surface area contributed by atoms with Crippen molar-refractivity contribution in [2.24, 2.45) is 11.7 Å². The Hall–Kier alpha value is -1.23. The number of ether oxygens (including phenoxy) is 1. The summed E-state index contributed by atoms with van der Waals surface area (Å²) in [5, 5.41) is 0.